The van der Waals surface area contributed by atoms with E-state index in [1.165, 1.54) is 0 Å². The summed E-state index contributed by atoms with van der Waals surface area (Å²) in [4.78, 5) is 8.32. The van der Waals surface area contributed by atoms with Crippen molar-refractivity contribution in [1.82, 2.24) is 9.97 Å². The van der Waals surface area contributed by atoms with E-state index in [2.05, 4.69) is 25.9 Å². The predicted octanol–water partition coefficient (Wildman–Crippen LogP) is 2.45. The molecule has 18 heavy (non-hydrogen) atoms. The van der Waals surface area contributed by atoms with Crippen LogP contribution in [0.5, 0.6) is 6.01 Å². The fourth-order valence-corrected chi connectivity index (χ4v) is 1.88. The normalized spacial score (nSPS) is 10.1. The number of nitrogens with two attached hydrogens (primary N) is 1. The maximum Gasteiger partial charge on any atom is 0.317 e. The van der Waals surface area contributed by atoms with Gasteiger partial charge in [-0.1, -0.05) is 40.3 Å². The molecule has 0 unspecified atom stereocenters. The average Bonchev–Trinajstić information content (AvgIpc) is 2.37. The van der Waals surface area contributed by atoms with Gasteiger partial charge in [0.1, 0.15) is 17.3 Å². The highest BCUT2D eigenvalue weighted by atomic mass is 79.9. The van der Waals surface area contributed by atoms with Crippen LogP contribution < -0.4 is 10.5 Å². The molecule has 0 amide bonds. The quantitative estimate of drug-likeness (QED) is 0.876. The maximum absolute atomic E-state index is 5.49. The molecule has 0 aliphatic heterocycles. The third-order valence-corrected chi connectivity index (χ3v) is 2.85. The van der Waals surface area contributed by atoms with Crippen molar-refractivity contribution in [2.75, 3.05) is 0 Å². The minimum atomic E-state index is 0.227. The van der Waals surface area contributed by atoms with Crippen molar-refractivity contribution in [2.24, 2.45) is 5.73 Å². The van der Waals surface area contributed by atoms with E-state index >= 15 is 0 Å². The number of hydrogen-bond donors (Lipinski definition) is 1. The second kappa shape index (κ2) is 5.88. The summed E-state index contributed by atoms with van der Waals surface area (Å²) in [7, 11) is 0. The Labute approximate surface area is 118 Å². The maximum atomic E-state index is 5.49. The second-order valence-corrected chi connectivity index (χ2v) is 4.86. The highest BCUT2D eigenvalue weighted by molar-refractivity contribution is 9.10. The lowest BCUT2D eigenvalue weighted by Gasteiger charge is -2.05. The van der Waals surface area contributed by atoms with Gasteiger partial charge in [0.15, 0.2) is 0 Å². The number of benzene rings is 1. The summed E-state index contributed by atoms with van der Waals surface area (Å²) in [5, 5.41) is 0. The first kappa shape index (κ1) is 12.9. The Morgan fingerprint density at radius 2 is 2.22 bits per heavy atom. The zero-order valence-electron chi connectivity index (χ0n) is 9.34. The topological polar surface area (TPSA) is 61.0 Å². The Hall–Kier alpha value is -1.53. The summed E-state index contributed by atoms with van der Waals surface area (Å²) in [5.74, 6) is 0. The summed E-state index contributed by atoms with van der Waals surface area (Å²) in [5.41, 5.74) is 7.02. The first-order valence-corrected chi connectivity index (χ1v) is 6.35. The van der Waals surface area contributed by atoms with E-state index in [1.807, 2.05) is 24.3 Å². The largest absolute Gasteiger partial charge is 0.459 e. The van der Waals surface area contributed by atoms with Crippen LogP contribution in [0.2, 0.25) is 0 Å². The zero-order chi connectivity index (χ0) is 13.0. The van der Waals surface area contributed by atoms with Gasteiger partial charge in [-0.3, -0.25) is 0 Å². The van der Waals surface area contributed by atoms with Crippen molar-refractivity contribution in [3.8, 4) is 6.01 Å². The number of nitrogens with zero attached hydrogens (tertiary/aromatic N) is 2. The molecular weight excluding hydrogens is 314 g/mol. The van der Waals surface area contributed by atoms with Gasteiger partial charge < -0.3 is 10.5 Å². The standard InChI is InChI=1S/C12H10BrN3OS/c13-9-3-1-2-8(6-9)7-17-12-15-5-4-10(16-12)11(14)18/h1-6H,7H2,(H2,14,18). The third-order valence-electron chi connectivity index (χ3n) is 2.14. The molecule has 0 saturated heterocycles. The zero-order valence-corrected chi connectivity index (χ0v) is 11.7. The Balaban J connectivity index is 2.06. The van der Waals surface area contributed by atoms with E-state index in [0.29, 0.717) is 12.3 Å². The molecule has 1 aromatic heterocycles. The van der Waals surface area contributed by atoms with Gasteiger partial charge in [0.2, 0.25) is 0 Å². The van der Waals surface area contributed by atoms with Crippen LogP contribution in [0.1, 0.15) is 11.3 Å². The minimum absolute atomic E-state index is 0.227. The predicted molar refractivity (Wildman–Crippen MR) is 76.4 cm³/mol. The Morgan fingerprint density at radius 3 is 2.94 bits per heavy atom. The molecule has 2 aromatic rings. The van der Waals surface area contributed by atoms with Crippen LogP contribution in [0, 0.1) is 0 Å². The van der Waals surface area contributed by atoms with Crippen molar-refractivity contribution < 1.29 is 4.74 Å². The van der Waals surface area contributed by atoms with Crippen molar-refractivity contribution in [3.63, 3.8) is 0 Å². The molecule has 0 spiro atoms. The van der Waals surface area contributed by atoms with Gasteiger partial charge in [-0.2, -0.15) is 4.98 Å². The first-order valence-electron chi connectivity index (χ1n) is 5.15. The summed E-state index contributed by atoms with van der Waals surface area (Å²) in [6.07, 6.45) is 1.57. The third kappa shape index (κ3) is 3.48. The summed E-state index contributed by atoms with van der Waals surface area (Å²) >= 11 is 8.24. The van der Waals surface area contributed by atoms with Crippen LogP contribution >= 0.6 is 28.1 Å². The molecule has 4 nitrogen and oxygen atoms in total. The van der Waals surface area contributed by atoms with Crippen LogP contribution in [0.4, 0.5) is 0 Å². The van der Waals surface area contributed by atoms with Gasteiger partial charge in [0.25, 0.3) is 0 Å². The van der Waals surface area contributed by atoms with Crippen LogP contribution in [-0.4, -0.2) is 15.0 Å². The molecule has 2 rings (SSSR count). The van der Waals surface area contributed by atoms with Gasteiger partial charge in [-0.25, -0.2) is 4.98 Å². The number of halogens is 1. The van der Waals surface area contributed by atoms with E-state index in [1.54, 1.807) is 12.3 Å². The Kier molecular flexibility index (Phi) is 4.22. The Bertz CT molecular complexity index is 577. The van der Waals surface area contributed by atoms with Crippen LogP contribution in [0.3, 0.4) is 0 Å². The summed E-state index contributed by atoms with van der Waals surface area (Å²) < 4.78 is 6.48. The van der Waals surface area contributed by atoms with Crippen LogP contribution in [0.25, 0.3) is 0 Å². The number of aromatic nitrogens is 2. The van der Waals surface area contributed by atoms with Crippen molar-refractivity contribution in [2.45, 2.75) is 6.61 Å². The average molecular weight is 324 g/mol. The highest BCUT2D eigenvalue weighted by Crippen LogP contribution is 2.13. The molecule has 0 fully saturated rings. The number of thiocarbonyl (C=S) groups is 1. The smallest absolute Gasteiger partial charge is 0.317 e. The molecule has 1 heterocycles. The number of hydrogen-bond acceptors (Lipinski definition) is 4. The van der Waals surface area contributed by atoms with Crippen LogP contribution in [0.15, 0.2) is 41.0 Å². The lowest BCUT2D eigenvalue weighted by atomic mass is 10.2. The fourth-order valence-electron chi connectivity index (χ4n) is 1.32. The molecule has 92 valence electrons. The minimum Gasteiger partial charge on any atom is -0.459 e. The van der Waals surface area contributed by atoms with Gasteiger partial charge in [0, 0.05) is 10.7 Å². The SMILES string of the molecule is NC(=S)c1ccnc(OCc2cccc(Br)c2)n1. The second-order valence-electron chi connectivity index (χ2n) is 3.51. The molecule has 2 N–H and O–H groups in total. The van der Waals surface area contributed by atoms with Crippen LogP contribution in [-0.2, 0) is 6.61 Å². The number of ether oxygens (including phenoxy) is 1. The summed E-state index contributed by atoms with van der Waals surface area (Å²) in [6, 6.07) is 9.73. The van der Waals surface area contributed by atoms with Gasteiger partial charge in [0.05, 0.1) is 0 Å². The van der Waals surface area contributed by atoms with Crippen molar-refractivity contribution in [1.29, 1.82) is 0 Å². The lowest BCUT2D eigenvalue weighted by molar-refractivity contribution is 0.280. The molecule has 0 atom stereocenters. The summed E-state index contributed by atoms with van der Waals surface area (Å²) in [6.45, 7) is 0.389. The lowest BCUT2D eigenvalue weighted by Crippen LogP contribution is -2.12. The highest BCUT2D eigenvalue weighted by Gasteiger charge is 2.03. The van der Waals surface area contributed by atoms with E-state index < -0.39 is 0 Å². The molecule has 1 aromatic carbocycles. The molecule has 0 aliphatic carbocycles. The Morgan fingerprint density at radius 1 is 1.39 bits per heavy atom. The monoisotopic (exact) mass is 323 g/mol. The van der Waals surface area contributed by atoms with Gasteiger partial charge >= 0.3 is 6.01 Å². The van der Waals surface area contributed by atoms with Crippen molar-refractivity contribution in [3.05, 3.63) is 52.3 Å². The molecular formula is C12H10BrN3OS. The molecule has 0 radical (unpaired) electrons. The molecule has 0 bridgehead atoms. The molecule has 6 heteroatoms. The van der Waals surface area contributed by atoms with E-state index in [0.717, 1.165) is 10.0 Å². The van der Waals surface area contributed by atoms with E-state index in [4.69, 9.17) is 22.7 Å². The fraction of sp³-hybridized carbons (Fsp3) is 0.0833. The first-order chi connectivity index (χ1) is 8.65. The van der Waals surface area contributed by atoms with E-state index in [9.17, 15) is 0 Å². The molecule has 0 aliphatic rings. The van der Waals surface area contributed by atoms with Gasteiger partial charge in [-0.05, 0) is 23.8 Å². The van der Waals surface area contributed by atoms with Gasteiger partial charge in [-0.15, -0.1) is 0 Å². The van der Waals surface area contributed by atoms with E-state index in [-0.39, 0.29) is 11.0 Å². The van der Waals surface area contributed by atoms with Crippen molar-refractivity contribution >= 4 is 33.1 Å². The molecule has 0 saturated carbocycles. The number of rotatable bonds is 4.